The minimum absolute atomic E-state index is 0.130. The van der Waals surface area contributed by atoms with Crippen molar-refractivity contribution in [3.8, 4) is 0 Å². The number of carbonyl (C=O) groups is 1. The number of ether oxygens (including phenoxy) is 1. The van der Waals surface area contributed by atoms with Gasteiger partial charge < -0.3 is 4.74 Å². The molecule has 0 aromatic carbocycles. The van der Waals surface area contributed by atoms with Crippen molar-refractivity contribution < 1.29 is 9.53 Å². The molecule has 2 heteroatoms. The summed E-state index contributed by atoms with van der Waals surface area (Å²) in [5, 5.41) is 0. The maximum atomic E-state index is 11.3. The van der Waals surface area contributed by atoms with E-state index in [1.165, 1.54) is 0 Å². The molecule has 0 radical (unpaired) electrons. The number of carbonyl (C=O) groups excluding carboxylic acids is 1. The van der Waals surface area contributed by atoms with Gasteiger partial charge in [-0.15, -0.1) is 0 Å². The summed E-state index contributed by atoms with van der Waals surface area (Å²) in [6.45, 7) is 6.51. The van der Waals surface area contributed by atoms with Gasteiger partial charge in [0.25, 0.3) is 0 Å². The quantitative estimate of drug-likeness (QED) is 0.590. The van der Waals surface area contributed by atoms with Crippen LogP contribution >= 0.6 is 0 Å². The average molecular weight is 168 g/mol. The van der Waals surface area contributed by atoms with E-state index in [0.717, 1.165) is 12.0 Å². The first-order valence-electron chi connectivity index (χ1n) is 4.54. The van der Waals surface area contributed by atoms with Gasteiger partial charge in [-0.3, -0.25) is 0 Å². The lowest BCUT2D eigenvalue weighted by Crippen LogP contribution is -2.10. The molecule has 2 atom stereocenters. The van der Waals surface area contributed by atoms with E-state index in [0.29, 0.717) is 18.4 Å². The number of allylic oxidation sites excluding steroid dienone is 1. The zero-order valence-electron chi connectivity index (χ0n) is 7.96. The number of hydrogen-bond acceptors (Lipinski definition) is 2. The highest BCUT2D eigenvalue weighted by atomic mass is 16.5. The predicted molar refractivity (Wildman–Crippen MR) is 47.7 cm³/mol. The summed E-state index contributed by atoms with van der Waals surface area (Å²) in [6.07, 6.45) is 3.11. The fourth-order valence-corrected chi connectivity index (χ4v) is 1.71. The Morgan fingerprint density at radius 3 is 2.75 bits per heavy atom. The first kappa shape index (κ1) is 9.30. The van der Waals surface area contributed by atoms with Crippen LogP contribution in [-0.2, 0) is 9.53 Å². The lowest BCUT2D eigenvalue weighted by molar-refractivity contribution is -0.139. The zero-order chi connectivity index (χ0) is 9.14. The van der Waals surface area contributed by atoms with Gasteiger partial charge in [0.2, 0.25) is 0 Å². The Morgan fingerprint density at radius 1 is 1.67 bits per heavy atom. The molecular formula is C10H16O2. The summed E-state index contributed by atoms with van der Waals surface area (Å²) in [5.74, 6) is 0.771. The van der Waals surface area contributed by atoms with Crippen molar-refractivity contribution in [1.29, 1.82) is 0 Å². The van der Waals surface area contributed by atoms with Crippen molar-refractivity contribution in [2.24, 2.45) is 11.8 Å². The topological polar surface area (TPSA) is 26.3 Å². The molecule has 1 aliphatic rings. The molecule has 0 aromatic rings. The Bertz CT molecular complexity index is 206. The average Bonchev–Trinajstić information content (AvgIpc) is 2.30. The normalized spacial score (nSPS) is 28.4. The second kappa shape index (κ2) is 3.74. The van der Waals surface area contributed by atoms with Crippen LogP contribution in [0.1, 0.15) is 27.2 Å². The van der Waals surface area contributed by atoms with Gasteiger partial charge in [-0.2, -0.15) is 0 Å². The van der Waals surface area contributed by atoms with Crippen LogP contribution in [0.5, 0.6) is 0 Å². The molecule has 0 aliphatic heterocycles. The van der Waals surface area contributed by atoms with Gasteiger partial charge >= 0.3 is 5.97 Å². The molecule has 0 bridgehead atoms. The highest BCUT2D eigenvalue weighted by Gasteiger charge is 2.25. The van der Waals surface area contributed by atoms with Crippen molar-refractivity contribution in [3.05, 3.63) is 11.6 Å². The Balaban J connectivity index is 2.61. The lowest BCUT2D eigenvalue weighted by Gasteiger charge is -2.07. The van der Waals surface area contributed by atoms with Crippen LogP contribution in [-0.4, -0.2) is 12.6 Å². The Hall–Kier alpha value is -0.790. The third-order valence-corrected chi connectivity index (χ3v) is 2.23. The summed E-state index contributed by atoms with van der Waals surface area (Å²) < 4.78 is 4.94. The van der Waals surface area contributed by atoms with Crippen molar-refractivity contribution in [2.45, 2.75) is 27.2 Å². The van der Waals surface area contributed by atoms with Gasteiger partial charge in [0.1, 0.15) is 0 Å². The van der Waals surface area contributed by atoms with Crippen LogP contribution in [0, 0.1) is 11.8 Å². The molecule has 2 unspecified atom stereocenters. The maximum Gasteiger partial charge on any atom is 0.333 e. The van der Waals surface area contributed by atoms with E-state index in [9.17, 15) is 4.79 Å². The van der Waals surface area contributed by atoms with Crippen LogP contribution in [0.3, 0.4) is 0 Å². The Kier molecular flexibility index (Phi) is 2.90. The maximum absolute atomic E-state index is 11.3. The predicted octanol–water partition coefficient (Wildman–Crippen LogP) is 2.15. The van der Waals surface area contributed by atoms with Gasteiger partial charge in [0.05, 0.1) is 6.61 Å². The first-order chi connectivity index (χ1) is 5.65. The van der Waals surface area contributed by atoms with E-state index in [1.807, 2.05) is 13.0 Å². The second-order valence-corrected chi connectivity index (χ2v) is 3.46. The fourth-order valence-electron chi connectivity index (χ4n) is 1.71. The summed E-state index contributed by atoms with van der Waals surface area (Å²) in [7, 11) is 0. The monoisotopic (exact) mass is 168 g/mol. The van der Waals surface area contributed by atoms with Crippen molar-refractivity contribution in [3.63, 3.8) is 0 Å². The molecule has 0 fully saturated rings. The van der Waals surface area contributed by atoms with E-state index in [1.54, 1.807) is 0 Å². The van der Waals surface area contributed by atoms with E-state index in [4.69, 9.17) is 4.74 Å². The highest BCUT2D eigenvalue weighted by Crippen LogP contribution is 2.30. The Morgan fingerprint density at radius 2 is 2.33 bits per heavy atom. The van der Waals surface area contributed by atoms with Gasteiger partial charge in [-0.25, -0.2) is 4.79 Å². The third-order valence-electron chi connectivity index (χ3n) is 2.23. The van der Waals surface area contributed by atoms with Crippen molar-refractivity contribution in [2.75, 3.05) is 6.61 Å². The highest BCUT2D eigenvalue weighted by molar-refractivity contribution is 5.89. The lowest BCUT2D eigenvalue weighted by atomic mass is 10.0. The number of rotatable bonds is 2. The van der Waals surface area contributed by atoms with E-state index < -0.39 is 0 Å². The van der Waals surface area contributed by atoms with Crippen LogP contribution in [0.15, 0.2) is 11.6 Å². The second-order valence-electron chi connectivity index (χ2n) is 3.46. The molecule has 2 nitrogen and oxygen atoms in total. The number of esters is 1. The van der Waals surface area contributed by atoms with Gasteiger partial charge in [0, 0.05) is 5.57 Å². The fraction of sp³-hybridized carbons (Fsp3) is 0.700. The van der Waals surface area contributed by atoms with Crippen LogP contribution < -0.4 is 0 Å². The molecule has 0 saturated carbocycles. The molecule has 1 aliphatic carbocycles. The molecular weight excluding hydrogens is 152 g/mol. The molecule has 1 rings (SSSR count). The smallest absolute Gasteiger partial charge is 0.333 e. The molecule has 0 saturated heterocycles. The summed E-state index contributed by atoms with van der Waals surface area (Å²) in [4.78, 5) is 11.3. The summed E-state index contributed by atoms with van der Waals surface area (Å²) >= 11 is 0. The van der Waals surface area contributed by atoms with Crippen LogP contribution in [0.25, 0.3) is 0 Å². The van der Waals surface area contributed by atoms with E-state index in [-0.39, 0.29) is 5.97 Å². The van der Waals surface area contributed by atoms with Gasteiger partial charge in [-0.05, 0) is 25.2 Å². The summed E-state index contributed by atoms with van der Waals surface area (Å²) in [5.41, 5.74) is 0.865. The molecule has 68 valence electrons. The SMILES string of the molecule is CCOC(=O)C1=CC(C)CC1C. The van der Waals surface area contributed by atoms with Crippen molar-refractivity contribution >= 4 is 5.97 Å². The minimum Gasteiger partial charge on any atom is -0.463 e. The van der Waals surface area contributed by atoms with Gasteiger partial charge in [-0.1, -0.05) is 19.9 Å². The largest absolute Gasteiger partial charge is 0.463 e. The molecule has 0 spiro atoms. The molecule has 0 heterocycles. The molecule has 0 aromatic heterocycles. The third kappa shape index (κ3) is 1.87. The van der Waals surface area contributed by atoms with E-state index in [2.05, 4.69) is 13.8 Å². The van der Waals surface area contributed by atoms with Crippen LogP contribution in [0.2, 0.25) is 0 Å². The number of hydrogen-bond donors (Lipinski definition) is 0. The molecule has 0 N–H and O–H groups in total. The molecule has 12 heavy (non-hydrogen) atoms. The molecule has 0 amide bonds. The van der Waals surface area contributed by atoms with Crippen molar-refractivity contribution in [1.82, 2.24) is 0 Å². The van der Waals surface area contributed by atoms with Crippen LogP contribution in [0.4, 0.5) is 0 Å². The Labute approximate surface area is 73.6 Å². The zero-order valence-corrected chi connectivity index (χ0v) is 7.96. The first-order valence-corrected chi connectivity index (χ1v) is 4.54. The van der Waals surface area contributed by atoms with Gasteiger partial charge in [0.15, 0.2) is 0 Å². The summed E-state index contributed by atoms with van der Waals surface area (Å²) in [6, 6.07) is 0. The standard InChI is InChI=1S/C10H16O2/c1-4-12-10(11)9-6-7(2)5-8(9)3/h6-8H,4-5H2,1-3H3. The van der Waals surface area contributed by atoms with E-state index >= 15 is 0 Å². The minimum atomic E-state index is -0.130.